The van der Waals surface area contributed by atoms with Crippen LogP contribution in [0.3, 0.4) is 0 Å². The number of rotatable bonds is 14. The smallest absolute Gasteiger partial charge is 0.282 e. The minimum atomic E-state index is -5.45. The van der Waals surface area contributed by atoms with Crippen LogP contribution in [-0.4, -0.2) is 24.6 Å². The Balaban J connectivity index is 2.13. The Bertz CT molecular complexity index is 1900. The van der Waals surface area contributed by atoms with E-state index in [9.17, 15) is 68.3 Å². The molecule has 0 spiro atoms. The van der Waals surface area contributed by atoms with E-state index in [-0.39, 0.29) is 28.8 Å². The monoisotopic (exact) mass is 703 g/mol. The maximum Gasteiger partial charge on any atom is 0.475 e. The van der Waals surface area contributed by atoms with E-state index in [4.69, 9.17) is 13.6 Å². The van der Waals surface area contributed by atoms with Crippen LogP contribution >= 0.6 is 7.82 Å². The maximum absolute atomic E-state index is 13.9. The highest BCUT2D eigenvalue weighted by atomic mass is 31.2. The van der Waals surface area contributed by atoms with Gasteiger partial charge in [-0.25, -0.2) is 4.57 Å². The minimum absolute atomic E-state index is 0.0268. The van der Waals surface area contributed by atoms with Crippen molar-refractivity contribution in [2.75, 3.05) is 0 Å². The molecule has 1 atom stereocenters. The van der Waals surface area contributed by atoms with Crippen molar-refractivity contribution in [1.29, 1.82) is 0 Å². The molecule has 23 heteroatoms. The molecular formula is C25H21F3N5O14P. The number of nitro groups is 5. The van der Waals surface area contributed by atoms with Crippen LogP contribution in [0.5, 0.6) is 0 Å². The molecule has 0 aliphatic carbocycles. The molecule has 0 aliphatic rings. The number of non-ortho nitro benzene ring substituents is 2. The van der Waals surface area contributed by atoms with Crippen molar-refractivity contribution in [3.63, 3.8) is 0 Å². The Labute approximate surface area is 265 Å². The van der Waals surface area contributed by atoms with Gasteiger partial charge in [-0.05, 0) is 37.5 Å². The summed E-state index contributed by atoms with van der Waals surface area (Å²) in [4.78, 5) is 51.9. The molecule has 0 saturated heterocycles. The van der Waals surface area contributed by atoms with Crippen LogP contribution in [0, 0.1) is 71.3 Å². The number of phosphoric ester groups is 1. The van der Waals surface area contributed by atoms with E-state index in [2.05, 4.69) is 0 Å². The minimum Gasteiger partial charge on any atom is -0.282 e. The second-order valence-electron chi connectivity index (χ2n) is 9.88. The van der Waals surface area contributed by atoms with Crippen LogP contribution in [0.2, 0.25) is 0 Å². The summed E-state index contributed by atoms with van der Waals surface area (Å²) in [5, 5.41) is 57.4. The summed E-state index contributed by atoms with van der Waals surface area (Å²) < 4.78 is 71.2. The Morgan fingerprint density at radius 3 is 1.38 bits per heavy atom. The fourth-order valence-electron chi connectivity index (χ4n) is 4.42. The molecule has 0 heterocycles. The van der Waals surface area contributed by atoms with Crippen LogP contribution < -0.4 is 0 Å². The third-order valence-corrected chi connectivity index (χ3v) is 7.99. The summed E-state index contributed by atoms with van der Waals surface area (Å²) >= 11 is 0. The van der Waals surface area contributed by atoms with Gasteiger partial charge in [-0.15, -0.1) is 0 Å². The highest BCUT2D eigenvalue weighted by molar-refractivity contribution is 7.48. The number of alkyl halides is 3. The summed E-state index contributed by atoms with van der Waals surface area (Å²) in [5.74, 6) is 0. The Hall–Kier alpha value is -5.44. The van der Waals surface area contributed by atoms with Gasteiger partial charge < -0.3 is 0 Å². The quantitative estimate of drug-likeness (QED) is 0.0911. The zero-order chi connectivity index (χ0) is 36.3. The molecule has 0 bridgehead atoms. The molecule has 19 nitrogen and oxygen atoms in total. The number of nitrogens with zero attached hydrogens (tertiary/aromatic N) is 5. The van der Waals surface area contributed by atoms with Gasteiger partial charge in [0.25, 0.3) is 28.4 Å². The molecule has 3 aromatic rings. The molecule has 0 aromatic heterocycles. The number of hydrogen-bond donors (Lipinski definition) is 0. The van der Waals surface area contributed by atoms with Crippen molar-refractivity contribution in [3.05, 3.63) is 126 Å². The fourth-order valence-corrected chi connectivity index (χ4v) is 5.50. The van der Waals surface area contributed by atoms with E-state index >= 15 is 0 Å². The van der Waals surface area contributed by atoms with E-state index in [1.54, 1.807) is 0 Å². The Morgan fingerprint density at radius 2 is 0.958 bits per heavy atom. The van der Waals surface area contributed by atoms with Crippen LogP contribution in [0.15, 0.2) is 36.4 Å². The topological polar surface area (TPSA) is 260 Å². The first kappa shape index (κ1) is 37.0. The predicted octanol–water partition coefficient (Wildman–Crippen LogP) is 7.23. The lowest BCUT2D eigenvalue weighted by molar-refractivity contribution is -0.395. The van der Waals surface area contributed by atoms with E-state index in [1.165, 1.54) is 26.8 Å². The first-order valence-corrected chi connectivity index (χ1v) is 14.3. The lowest BCUT2D eigenvalue weighted by atomic mass is 10.0. The number of phosphoric acid groups is 1. The third kappa shape index (κ3) is 8.47. The van der Waals surface area contributed by atoms with Gasteiger partial charge in [0.15, 0.2) is 0 Å². The molecule has 1 unspecified atom stereocenters. The SMILES string of the molecule is Cc1cc(C)c(COP(=O)(OCc2c(C)cc([N+](=O)[O-])cc2[N+](=O)[O-])OCc2c([N+](=O)[O-])cc([N+](=O)[O-])cc2C(F)(F)F)c([N+](=O)[O-])c1. The number of nitro benzene ring substituents is 5. The van der Waals surface area contributed by atoms with Crippen molar-refractivity contribution < 1.29 is 55.9 Å². The van der Waals surface area contributed by atoms with Crippen LogP contribution in [-0.2, 0) is 44.1 Å². The molecule has 0 saturated carbocycles. The lowest BCUT2D eigenvalue weighted by Gasteiger charge is -2.20. The molecule has 3 rings (SSSR count). The molecule has 0 aliphatic heterocycles. The first-order valence-electron chi connectivity index (χ1n) is 12.9. The van der Waals surface area contributed by atoms with Crippen LogP contribution in [0.25, 0.3) is 0 Å². The van der Waals surface area contributed by atoms with Gasteiger partial charge in [0.05, 0.1) is 78.8 Å². The second-order valence-corrected chi connectivity index (χ2v) is 11.6. The second kappa shape index (κ2) is 14.1. The molecule has 48 heavy (non-hydrogen) atoms. The summed E-state index contributed by atoms with van der Waals surface area (Å²) in [6, 6.07) is 4.21. The van der Waals surface area contributed by atoms with Crippen molar-refractivity contribution >= 4 is 36.3 Å². The number of aryl methyl sites for hydroxylation is 3. The van der Waals surface area contributed by atoms with Gasteiger partial charge >= 0.3 is 14.0 Å². The van der Waals surface area contributed by atoms with E-state index in [0.29, 0.717) is 11.6 Å². The zero-order valence-corrected chi connectivity index (χ0v) is 25.5. The lowest BCUT2D eigenvalue weighted by Crippen LogP contribution is -2.14. The van der Waals surface area contributed by atoms with Crippen molar-refractivity contribution in [2.24, 2.45) is 0 Å². The summed E-state index contributed by atoms with van der Waals surface area (Å²) in [5.41, 5.74) is -8.28. The summed E-state index contributed by atoms with van der Waals surface area (Å²) in [6.07, 6.45) is -5.45. The van der Waals surface area contributed by atoms with Crippen LogP contribution in [0.4, 0.5) is 41.6 Å². The summed E-state index contributed by atoms with van der Waals surface area (Å²) in [7, 11) is -5.35. The first-order chi connectivity index (χ1) is 22.1. The molecule has 256 valence electrons. The fraction of sp³-hybridized carbons (Fsp3) is 0.280. The van der Waals surface area contributed by atoms with Crippen molar-refractivity contribution in [2.45, 2.75) is 46.8 Å². The average Bonchev–Trinajstić information content (AvgIpc) is 2.97. The average molecular weight is 703 g/mol. The number of halogens is 3. The Kier molecular flexibility index (Phi) is 10.9. The molecular weight excluding hydrogens is 682 g/mol. The number of benzene rings is 3. The van der Waals surface area contributed by atoms with Gasteiger partial charge in [-0.1, -0.05) is 6.07 Å². The number of hydrogen-bond acceptors (Lipinski definition) is 14. The van der Waals surface area contributed by atoms with E-state index < -0.39 is 104 Å². The highest BCUT2D eigenvalue weighted by Gasteiger charge is 2.41. The predicted molar refractivity (Wildman–Crippen MR) is 154 cm³/mol. The van der Waals surface area contributed by atoms with Crippen LogP contribution in [0.1, 0.15) is 38.9 Å². The van der Waals surface area contributed by atoms with Crippen molar-refractivity contribution in [1.82, 2.24) is 0 Å². The Morgan fingerprint density at radius 1 is 0.583 bits per heavy atom. The van der Waals surface area contributed by atoms with Gasteiger partial charge in [0.1, 0.15) is 0 Å². The van der Waals surface area contributed by atoms with Gasteiger partial charge in [-0.2, -0.15) is 13.2 Å². The van der Waals surface area contributed by atoms with E-state index in [1.807, 2.05) is 0 Å². The molecule has 3 aromatic carbocycles. The van der Waals surface area contributed by atoms with E-state index in [0.717, 1.165) is 12.1 Å². The largest absolute Gasteiger partial charge is 0.475 e. The standard InChI is InChI=1S/C25H21F3N5O14P/c1-13-4-14(2)18(22(5-13)31(38)39)10-45-48(44,46-11-19-15(3)6-16(29(34)35)8-23(19)32(40)41)47-12-20-21(25(26,27)28)7-17(30(36)37)9-24(20)33(42)43/h4-9H,10-12H2,1-3H3. The van der Waals surface area contributed by atoms with Crippen molar-refractivity contribution in [3.8, 4) is 0 Å². The molecule has 0 amide bonds. The molecule has 0 N–H and O–H groups in total. The van der Waals surface area contributed by atoms with Gasteiger partial charge in [0.2, 0.25) is 0 Å². The maximum atomic E-state index is 13.9. The molecule has 0 fully saturated rings. The highest BCUT2D eigenvalue weighted by Crippen LogP contribution is 2.54. The summed E-state index contributed by atoms with van der Waals surface area (Å²) in [6.45, 7) is 0.453. The zero-order valence-electron chi connectivity index (χ0n) is 24.6. The van der Waals surface area contributed by atoms with Gasteiger partial charge in [-0.3, -0.25) is 64.1 Å². The molecule has 0 radical (unpaired) electrons. The van der Waals surface area contributed by atoms with Gasteiger partial charge in [0, 0.05) is 18.2 Å². The third-order valence-electron chi connectivity index (χ3n) is 6.66. The normalized spacial score (nSPS) is 12.7.